The van der Waals surface area contributed by atoms with E-state index in [9.17, 15) is 18.4 Å². The molecule has 1 saturated heterocycles. The third-order valence-electron chi connectivity index (χ3n) is 5.27. The maximum absolute atomic E-state index is 13.9. The Hall–Kier alpha value is -2.18. The second-order valence-electron chi connectivity index (χ2n) is 7.06. The van der Waals surface area contributed by atoms with Crippen LogP contribution in [0.15, 0.2) is 18.2 Å². The zero-order chi connectivity index (χ0) is 18.5. The minimum Gasteiger partial charge on any atom is -0.356 e. The average Bonchev–Trinajstić information content (AvgIpc) is 2.64. The van der Waals surface area contributed by atoms with Crippen LogP contribution in [-0.2, 0) is 4.79 Å². The molecule has 1 saturated carbocycles. The second kappa shape index (κ2) is 8.47. The van der Waals surface area contributed by atoms with E-state index in [2.05, 4.69) is 10.6 Å². The van der Waals surface area contributed by atoms with Gasteiger partial charge in [-0.2, -0.15) is 0 Å². The molecule has 0 spiro atoms. The van der Waals surface area contributed by atoms with Gasteiger partial charge in [0.2, 0.25) is 5.91 Å². The van der Waals surface area contributed by atoms with E-state index in [1.165, 1.54) is 0 Å². The van der Waals surface area contributed by atoms with Crippen molar-refractivity contribution in [1.82, 2.24) is 10.2 Å². The number of amides is 3. The fourth-order valence-electron chi connectivity index (χ4n) is 3.92. The molecule has 142 valence electrons. The van der Waals surface area contributed by atoms with Gasteiger partial charge in [0.1, 0.15) is 11.6 Å². The molecule has 2 aliphatic rings. The Morgan fingerprint density at radius 1 is 1.12 bits per heavy atom. The predicted molar refractivity (Wildman–Crippen MR) is 94.7 cm³/mol. The fourth-order valence-corrected chi connectivity index (χ4v) is 3.92. The molecular formula is C19H25F2N3O2. The van der Waals surface area contributed by atoms with Gasteiger partial charge in [-0.05, 0) is 44.2 Å². The second-order valence-corrected chi connectivity index (χ2v) is 7.06. The normalized spacial score (nSPS) is 24.4. The number of benzene rings is 1. The molecular weight excluding hydrogens is 340 g/mol. The number of carbonyl (C=O) groups is 2. The topological polar surface area (TPSA) is 61.4 Å². The van der Waals surface area contributed by atoms with Gasteiger partial charge in [-0.25, -0.2) is 13.6 Å². The molecule has 0 radical (unpaired) electrons. The van der Waals surface area contributed by atoms with Crippen molar-refractivity contribution in [3.8, 4) is 0 Å². The smallest absolute Gasteiger partial charge is 0.322 e. The molecule has 2 fully saturated rings. The number of hydrogen-bond donors (Lipinski definition) is 2. The van der Waals surface area contributed by atoms with Crippen LogP contribution in [-0.4, -0.2) is 36.0 Å². The summed E-state index contributed by atoms with van der Waals surface area (Å²) < 4.78 is 27.3. The summed E-state index contributed by atoms with van der Waals surface area (Å²) in [6, 6.07) is 2.29. The minimum absolute atomic E-state index is 0.00802. The first-order valence-electron chi connectivity index (χ1n) is 9.36. The van der Waals surface area contributed by atoms with Crippen molar-refractivity contribution in [3.05, 3.63) is 29.8 Å². The Morgan fingerprint density at radius 2 is 1.92 bits per heavy atom. The van der Waals surface area contributed by atoms with Gasteiger partial charge in [-0.15, -0.1) is 0 Å². The Morgan fingerprint density at radius 3 is 2.77 bits per heavy atom. The van der Waals surface area contributed by atoms with E-state index < -0.39 is 17.7 Å². The molecule has 7 heteroatoms. The molecule has 1 aromatic rings. The molecule has 26 heavy (non-hydrogen) atoms. The first-order valence-corrected chi connectivity index (χ1v) is 9.36. The molecule has 1 heterocycles. The fraction of sp³-hybridized carbons (Fsp3) is 0.579. The van der Waals surface area contributed by atoms with Gasteiger partial charge in [-0.1, -0.05) is 12.8 Å². The molecule has 3 rings (SSSR count). The van der Waals surface area contributed by atoms with Crippen molar-refractivity contribution < 1.29 is 18.4 Å². The number of halogens is 2. The van der Waals surface area contributed by atoms with E-state index >= 15 is 0 Å². The summed E-state index contributed by atoms with van der Waals surface area (Å²) in [6.07, 6.45) is 5.99. The monoisotopic (exact) mass is 365 g/mol. The third-order valence-corrected chi connectivity index (χ3v) is 5.27. The standard InChI is InChI=1S/C19H25F2N3O2/c20-13-8-9-15(21)16(12-13)23-19(26)24-11-5-1-4-10-22-18(25)14-6-2-3-7-17(14)24/h8-9,12,14,17H,1-7,10-11H2,(H,22,25)(H,23,26)/t14-,17+/m1/s1. The zero-order valence-corrected chi connectivity index (χ0v) is 14.8. The predicted octanol–water partition coefficient (Wildman–Crippen LogP) is 3.66. The first-order chi connectivity index (χ1) is 12.6. The largest absolute Gasteiger partial charge is 0.356 e. The van der Waals surface area contributed by atoms with Crippen molar-refractivity contribution in [3.63, 3.8) is 0 Å². The number of fused-ring (bicyclic) bond motifs is 1. The molecule has 1 aliphatic heterocycles. The highest BCUT2D eigenvalue weighted by atomic mass is 19.1. The summed E-state index contributed by atoms with van der Waals surface area (Å²) in [6.45, 7) is 1.18. The average molecular weight is 365 g/mol. The van der Waals surface area contributed by atoms with E-state index in [4.69, 9.17) is 0 Å². The quantitative estimate of drug-likeness (QED) is 0.798. The van der Waals surface area contributed by atoms with Crippen LogP contribution in [0.5, 0.6) is 0 Å². The van der Waals surface area contributed by atoms with Crippen LogP contribution < -0.4 is 10.6 Å². The molecule has 0 unspecified atom stereocenters. The van der Waals surface area contributed by atoms with Crippen molar-refractivity contribution in [1.29, 1.82) is 0 Å². The van der Waals surface area contributed by atoms with Crippen LogP contribution >= 0.6 is 0 Å². The number of carbonyl (C=O) groups excluding carboxylic acids is 2. The van der Waals surface area contributed by atoms with Crippen LogP contribution in [0.1, 0.15) is 44.9 Å². The van der Waals surface area contributed by atoms with Crippen LogP contribution in [0.4, 0.5) is 19.3 Å². The molecule has 1 aliphatic carbocycles. The lowest BCUT2D eigenvalue weighted by Gasteiger charge is -2.40. The Kier molecular flexibility index (Phi) is 6.06. The number of anilines is 1. The van der Waals surface area contributed by atoms with Gasteiger partial charge >= 0.3 is 6.03 Å². The van der Waals surface area contributed by atoms with Gasteiger partial charge in [-0.3, -0.25) is 4.79 Å². The van der Waals surface area contributed by atoms with Gasteiger partial charge < -0.3 is 15.5 Å². The summed E-state index contributed by atoms with van der Waals surface area (Å²) >= 11 is 0. The van der Waals surface area contributed by atoms with E-state index in [0.29, 0.717) is 13.1 Å². The first kappa shape index (κ1) is 18.6. The van der Waals surface area contributed by atoms with Gasteiger partial charge in [0.25, 0.3) is 0 Å². The van der Waals surface area contributed by atoms with Crippen LogP contribution in [0.2, 0.25) is 0 Å². The lowest BCUT2D eigenvalue weighted by atomic mass is 9.82. The highest BCUT2D eigenvalue weighted by molar-refractivity contribution is 5.90. The molecule has 5 nitrogen and oxygen atoms in total. The van der Waals surface area contributed by atoms with Crippen molar-refractivity contribution in [2.24, 2.45) is 5.92 Å². The number of urea groups is 1. The highest BCUT2D eigenvalue weighted by Gasteiger charge is 2.37. The van der Waals surface area contributed by atoms with E-state index in [1.807, 2.05) is 0 Å². The maximum atomic E-state index is 13.9. The van der Waals surface area contributed by atoms with Crippen molar-refractivity contribution in [2.75, 3.05) is 18.4 Å². The maximum Gasteiger partial charge on any atom is 0.322 e. The van der Waals surface area contributed by atoms with Gasteiger partial charge in [0, 0.05) is 25.2 Å². The number of rotatable bonds is 1. The van der Waals surface area contributed by atoms with E-state index in [1.54, 1.807) is 4.90 Å². The van der Waals surface area contributed by atoms with Gasteiger partial charge in [0.15, 0.2) is 0 Å². The van der Waals surface area contributed by atoms with E-state index in [0.717, 1.165) is 63.1 Å². The molecule has 1 aromatic carbocycles. The Balaban J connectivity index is 1.81. The van der Waals surface area contributed by atoms with E-state index in [-0.39, 0.29) is 23.6 Å². The number of nitrogens with zero attached hydrogens (tertiary/aromatic N) is 1. The van der Waals surface area contributed by atoms with Gasteiger partial charge in [0.05, 0.1) is 11.6 Å². The van der Waals surface area contributed by atoms with Crippen LogP contribution in [0, 0.1) is 17.6 Å². The van der Waals surface area contributed by atoms with Crippen LogP contribution in [0.3, 0.4) is 0 Å². The minimum atomic E-state index is -0.682. The summed E-state index contributed by atoms with van der Waals surface area (Å²) in [4.78, 5) is 27.0. The third kappa shape index (κ3) is 4.31. The molecule has 2 atom stereocenters. The summed E-state index contributed by atoms with van der Waals surface area (Å²) in [7, 11) is 0. The lowest BCUT2D eigenvalue weighted by Crippen LogP contribution is -2.52. The lowest BCUT2D eigenvalue weighted by molar-refractivity contribution is -0.128. The Bertz CT molecular complexity index is 668. The SMILES string of the molecule is O=C1NCCCCCN(C(=O)Nc2cc(F)ccc2F)[C@H]2CCCC[C@@H]12. The molecule has 0 bridgehead atoms. The summed E-state index contributed by atoms with van der Waals surface area (Å²) in [5.41, 5.74) is -0.177. The zero-order valence-electron chi connectivity index (χ0n) is 14.8. The van der Waals surface area contributed by atoms with Crippen molar-refractivity contribution >= 4 is 17.6 Å². The number of hydrogen-bond acceptors (Lipinski definition) is 2. The summed E-state index contributed by atoms with van der Waals surface area (Å²) in [5, 5.41) is 5.46. The molecule has 0 aromatic heterocycles. The molecule has 2 N–H and O–H groups in total. The van der Waals surface area contributed by atoms with Crippen LogP contribution in [0.25, 0.3) is 0 Å². The highest BCUT2D eigenvalue weighted by Crippen LogP contribution is 2.30. The Labute approximate surface area is 152 Å². The molecule has 3 amide bonds. The van der Waals surface area contributed by atoms with Crippen molar-refractivity contribution in [2.45, 2.75) is 51.0 Å². The summed E-state index contributed by atoms with van der Waals surface area (Å²) in [5.74, 6) is -1.55. The number of nitrogens with one attached hydrogen (secondary N) is 2.